The van der Waals surface area contributed by atoms with Gasteiger partial charge in [0, 0.05) is 18.0 Å². The maximum atomic E-state index is 9.65. The van der Waals surface area contributed by atoms with Crippen molar-refractivity contribution in [1.82, 2.24) is 15.1 Å². The number of rotatable bonds is 12. The number of phenolic OH excluding ortho intramolecular Hbond substituents is 1. The first kappa shape index (κ1) is 24.6. The van der Waals surface area contributed by atoms with Crippen LogP contribution in [0.4, 0.5) is 10.3 Å². The molecule has 0 saturated carbocycles. The molecule has 0 atom stereocenters. The predicted molar refractivity (Wildman–Crippen MR) is 141 cm³/mol. The molecule has 3 N–H and O–H groups in total. The van der Waals surface area contributed by atoms with Crippen LogP contribution in [0.15, 0.2) is 47.4 Å². The Morgan fingerprint density at radius 1 is 1.06 bits per heavy atom. The number of likely N-dealkylation sites (tertiary alicyclic amines) is 1. The van der Waals surface area contributed by atoms with Crippen LogP contribution in [0.2, 0.25) is 0 Å². The minimum absolute atomic E-state index is 0.253. The number of nitrogens with zero attached hydrogens (tertiary/aromatic N) is 3. The van der Waals surface area contributed by atoms with Gasteiger partial charge in [-0.2, -0.15) is 0 Å². The van der Waals surface area contributed by atoms with Gasteiger partial charge in [0.15, 0.2) is 0 Å². The summed E-state index contributed by atoms with van der Waals surface area (Å²) < 4.78 is 9.18. The maximum Gasteiger partial charge on any atom is 0.217 e. The molecule has 1 aromatic heterocycles. The highest BCUT2D eigenvalue weighted by molar-refractivity contribution is 8.00. The molecule has 3 aromatic rings. The lowest BCUT2D eigenvalue weighted by atomic mass is 10.1. The number of benzene rings is 2. The molecule has 0 unspecified atom stereocenters. The van der Waals surface area contributed by atoms with E-state index in [1.54, 1.807) is 12.1 Å². The van der Waals surface area contributed by atoms with E-state index >= 15 is 0 Å². The predicted octanol–water partition coefficient (Wildman–Crippen LogP) is 5.93. The summed E-state index contributed by atoms with van der Waals surface area (Å²) in [5.41, 5.74) is 2.42. The third kappa shape index (κ3) is 7.78. The van der Waals surface area contributed by atoms with Crippen molar-refractivity contribution in [3.63, 3.8) is 0 Å². The first-order valence-electron chi connectivity index (χ1n) is 11.9. The molecule has 7 nitrogen and oxygen atoms in total. The number of hydrogen-bond acceptors (Lipinski definition) is 9. The third-order valence-electron chi connectivity index (χ3n) is 5.71. The largest absolute Gasteiger partial charge is 0.508 e. The minimum atomic E-state index is 0.253. The van der Waals surface area contributed by atoms with Crippen LogP contribution in [0.5, 0.6) is 11.5 Å². The Balaban J connectivity index is 1.11. The van der Waals surface area contributed by atoms with Gasteiger partial charge in [0.2, 0.25) is 10.3 Å². The van der Waals surface area contributed by atoms with E-state index in [0.717, 1.165) is 52.4 Å². The smallest absolute Gasteiger partial charge is 0.217 e. The normalized spacial score (nSPS) is 14.1. The molecule has 2 aromatic carbocycles. The first-order valence-corrected chi connectivity index (χ1v) is 13.5. The molecule has 0 bridgehead atoms. The van der Waals surface area contributed by atoms with Crippen molar-refractivity contribution >= 4 is 33.5 Å². The van der Waals surface area contributed by atoms with Crippen LogP contribution >= 0.6 is 23.3 Å². The summed E-state index contributed by atoms with van der Waals surface area (Å²) in [4.78, 5) is 3.50. The molecule has 4 rings (SSSR count). The van der Waals surface area contributed by atoms with Crippen molar-refractivity contribution in [2.24, 2.45) is 0 Å². The van der Waals surface area contributed by atoms with E-state index in [1.165, 1.54) is 61.2 Å². The summed E-state index contributed by atoms with van der Waals surface area (Å²) >= 11 is 2.90. The zero-order chi connectivity index (χ0) is 23.6. The summed E-state index contributed by atoms with van der Waals surface area (Å²) in [6.45, 7) is 6.97. The van der Waals surface area contributed by atoms with Gasteiger partial charge in [-0.3, -0.25) is 4.90 Å². The average molecular weight is 500 g/mol. The lowest BCUT2D eigenvalue weighted by molar-refractivity contribution is 0.220. The van der Waals surface area contributed by atoms with Crippen LogP contribution in [0.3, 0.4) is 0 Å². The topological polar surface area (TPSA) is 82.5 Å². The maximum absolute atomic E-state index is 9.65. The standard InChI is InChI=1S/C25H33N5O2S2/c1-19-10-11-21(31)17-23(19)34-29-25-28-27-24(33-25)26-12-3-6-15-32-22-9-7-8-20(16-22)18-30-13-4-2-5-14-30/h7-11,16-17,31H,2-6,12-15,18H2,1H3,(H,26,27)(H,28,29). The summed E-state index contributed by atoms with van der Waals surface area (Å²) in [5.74, 6) is 1.21. The number of phenols is 1. The van der Waals surface area contributed by atoms with E-state index < -0.39 is 0 Å². The quantitative estimate of drug-likeness (QED) is 0.209. The zero-order valence-electron chi connectivity index (χ0n) is 19.6. The molecular weight excluding hydrogens is 466 g/mol. The number of nitrogens with one attached hydrogen (secondary N) is 2. The minimum Gasteiger partial charge on any atom is -0.508 e. The molecule has 1 saturated heterocycles. The fraction of sp³-hybridized carbons (Fsp3) is 0.440. The Bertz CT molecular complexity index is 1040. The van der Waals surface area contributed by atoms with Crippen LogP contribution in [-0.4, -0.2) is 46.4 Å². The van der Waals surface area contributed by atoms with E-state index in [1.807, 2.05) is 19.1 Å². The number of piperidine rings is 1. The molecule has 1 aliphatic heterocycles. The van der Waals surface area contributed by atoms with Crippen LogP contribution < -0.4 is 14.8 Å². The molecule has 182 valence electrons. The van der Waals surface area contributed by atoms with E-state index in [0.29, 0.717) is 6.61 Å². The van der Waals surface area contributed by atoms with Crippen molar-refractivity contribution in [3.05, 3.63) is 53.6 Å². The van der Waals surface area contributed by atoms with Crippen LogP contribution in [0.1, 0.15) is 43.2 Å². The number of ether oxygens (including phenoxy) is 1. The molecule has 2 heterocycles. The van der Waals surface area contributed by atoms with Gasteiger partial charge in [0.1, 0.15) is 11.5 Å². The highest BCUT2D eigenvalue weighted by Gasteiger charge is 2.11. The number of aromatic nitrogens is 2. The van der Waals surface area contributed by atoms with E-state index in [4.69, 9.17) is 4.74 Å². The molecule has 0 radical (unpaired) electrons. The lowest BCUT2D eigenvalue weighted by Gasteiger charge is -2.26. The fourth-order valence-corrected chi connectivity index (χ4v) is 5.31. The Hall–Kier alpha value is -2.49. The molecule has 1 fully saturated rings. The molecule has 9 heteroatoms. The number of aryl methyl sites for hydroxylation is 1. The number of hydrogen-bond donors (Lipinski definition) is 3. The van der Waals surface area contributed by atoms with E-state index in [9.17, 15) is 5.11 Å². The highest BCUT2D eigenvalue weighted by atomic mass is 32.2. The van der Waals surface area contributed by atoms with Crippen molar-refractivity contribution in [3.8, 4) is 11.5 Å². The second-order valence-electron chi connectivity index (χ2n) is 8.53. The number of unbranched alkanes of at least 4 members (excludes halogenated alkanes) is 1. The van der Waals surface area contributed by atoms with Gasteiger partial charge >= 0.3 is 0 Å². The Morgan fingerprint density at radius 2 is 1.91 bits per heavy atom. The average Bonchev–Trinajstić information content (AvgIpc) is 3.30. The van der Waals surface area contributed by atoms with Crippen molar-refractivity contribution in [1.29, 1.82) is 0 Å². The van der Waals surface area contributed by atoms with Gasteiger partial charge in [0.25, 0.3) is 0 Å². The summed E-state index contributed by atoms with van der Waals surface area (Å²) in [6.07, 6.45) is 5.96. The second kappa shape index (κ2) is 12.8. The Labute approximate surface area is 210 Å². The van der Waals surface area contributed by atoms with Crippen LogP contribution in [0.25, 0.3) is 0 Å². The lowest BCUT2D eigenvalue weighted by Crippen LogP contribution is -2.29. The van der Waals surface area contributed by atoms with Crippen LogP contribution in [-0.2, 0) is 6.54 Å². The van der Waals surface area contributed by atoms with Crippen LogP contribution in [0, 0.1) is 6.92 Å². The monoisotopic (exact) mass is 499 g/mol. The SMILES string of the molecule is Cc1ccc(O)cc1SNc1nnc(NCCCCOc2cccc(CN3CCCCC3)c2)s1. The Kier molecular flexibility index (Phi) is 9.29. The van der Waals surface area contributed by atoms with Crippen molar-refractivity contribution < 1.29 is 9.84 Å². The molecule has 0 amide bonds. The van der Waals surface area contributed by atoms with E-state index in [2.05, 4.69) is 43.3 Å². The highest BCUT2D eigenvalue weighted by Crippen LogP contribution is 2.29. The Morgan fingerprint density at radius 3 is 2.79 bits per heavy atom. The molecule has 0 spiro atoms. The van der Waals surface area contributed by atoms with Gasteiger partial charge in [-0.15, -0.1) is 10.2 Å². The van der Waals surface area contributed by atoms with Gasteiger partial charge in [-0.05, 0) is 93.0 Å². The van der Waals surface area contributed by atoms with E-state index in [-0.39, 0.29) is 5.75 Å². The molecule has 34 heavy (non-hydrogen) atoms. The summed E-state index contributed by atoms with van der Waals surface area (Å²) in [7, 11) is 0. The molecular formula is C25H33N5O2S2. The summed E-state index contributed by atoms with van der Waals surface area (Å²) in [5, 5.41) is 22.9. The number of anilines is 2. The van der Waals surface area contributed by atoms with Gasteiger partial charge in [-0.25, -0.2) is 0 Å². The first-order chi connectivity index (χ1) is 16.7. The van der Waals surface area contributed by atoms with Crippen molar-refractivity contribution in [2.75, 3.05) is 36.3 Å². The fourth-order valence-electron chi connectivity index (χ4n) is 3.86. The van der Waals surface area contributed by atoms with Crippen molar-refractivity contribution in [2.45, 2.75) is 50.5 Å². The summed E-state index contributed by atoms with van der Waals surface area (Å²) in [6, 6.07) is 13.8. The second-order valence-corrected chi connectivity index (χ2v) is 10.4. The van der Waals surface area contributed by atoms with Gasteiger partial charge in [0.05, 0.1) is 6.61 Å². The van der Waals surface area contributed by atoms with Gasteiger partial charge < -0.3 is 19.9 Å². The van der Waals surface area contributed by atoms with Gasteiger partial charge in [-0.1, -0.05) is 36.0 Å². The third-order valence-corrected chi connectivity index (χ3v) is 7.60. The number of aromatic hydroxyl groups is 1. The molecule has 0 aliphatic carbocycles. The zero-order valence-corrected chi connectivity index (χ0v) is 21.3. The molecule has 1 aliphatic rings.